The van der Waals surface area contributed by atoms with Crippen molar-refractivity contribution in [1.82, 2.24) is 9.78 Å². The van der Waals surface area contributed by atoms with Gasteiger partial charge in [0, 0.05) is 11.9 Å². The molecule has 0 saturated heterocycles. The van der Waals surface area contributed by atoms with Gasteiger partial charge in [0.15, 0.2) is 0 Å². The zero-order valence-corrected chi connectivity index (χ0v) is 12.0. The molecule has 0 aliphatic heterocycles. The molecule has 0 unspecified atom stereocenters. The molecule has 2 N–H and O–H groups in total. The summed E-state index contributed by atoms with van der Waals surface area (Å²) in [6, 6.07) is 15.4. The van der Waals surface area contributed by atoms with Crippen molar-refractivity contribution in [2.75, 3.05) is 5.32 Å². The standard InChI is InChI=1S/C17H13N3O3/c21-16(19-14-8-6-12(7-9-14)17(22)23)13-10-18-20(11-13)15-4-2-1-3-5-15/h1-11H,(H,19,21)(H,22,23). The molecule has 1 aromatic heterocycles. The molecule has 0 aliphatic rings. The van der Waals surface area contributed by atoms with Gasteiger partial charge in [0.05, 0.1) is 23.0 Å². The van der Waals surface area contributed by atoms with E-state index in [1.807, 2.05) is 30.3 Å². The van der Waals surface area contributed by atoms with E-state index in [2.05, 4.69) is 10.4 Å². The van der Waals surface area contributed by atoms with Crippen molar-refractivity contribution >= 4 is 17.6 Å². The molecule has 0 fully saturated rings. The number of benzene rings is 2. The maximum absolute atomic E-state index is 12.2. The van der Waals surface area contributed by atoms with Crippen LogP contribution >= 0.6 is 0 Å². The summed E-state index contributed by atoms with van der Waals surface area (Å²) in [5.41, 5.74) is 1.96. The fraction of sp³-hybridized carbons (Fsp3) is 0. The van der Waals surface area contributed by atoms with E-state index in [0.717, 1.165) is 5.69 Å². The van der Waals surface area contributed by atoms with E-state index in [0.29, 0.717) is 11.3 Å². The Balaban J connectivity index is 1.74. The molecule has 114 valence electrons. The van der Waals surface area contributed by atoms with E-state index >= 15 is 0 Å². The molecule has 0 saturated carbocycles. The van der Waals surface area contributed by atoms with Crippen molar-refractivity contribution in [2.45, 2.75) is 0 Å². The molecule has 0 bridgehead atoms. The fourth-order valence-corrected chi connectivity index (χ4v) is 2.06. The molecular formula is C17H13N3O3. The molecular weight excluding hydrogens is 294 g/mol. The van der Waals surface area contributed by atoms with Crippen LogP contribution in [0.2, 0.25) is 0 Å². The average molecular weight is 307 g/mol. The van der Waals surface area contributed by atoms with Gasteiger partial charge in [-0.05, 0) is 36.4 Å². The summed E-state index contributed by atoms with van der Waals surface area (Å²) in [4.78, 5) is 23.0. The van der Waals surface area contributed by atoms with Crippen LogP contribution in [-0.4, -0.2) is 26.8 Å². The highest BCUT2D eigenvalue weighted by molar-refractivity contribution is 6.04. The lowest BCUT2D eigenvalue weighted by molar-refractivity contribution is 0.0696. The summed E-state index contributed by atoms with van der Waals surface area (Å²) < 4.78 is 1.61. The molecule has 0 atom stereocenters. The average Bonchev–Trinajstić information content (AvgIpc) is 3.06. The summed E-state index contributed by atoms with van der Waals surface area (Å²) in [5, 5.41) is 15.7. The van der Waals surface area contributed by atoms with E-state index < -0.39 is 5.97 Å². The normalized spacial score (nSPS) is 10.3. The Labute approximate surface area is 132 Å². The van der Waals surface area contributed by atoms with Crippen molar-refractivity contribution < 1.29 is 14.7 Å². The number of carbonyl (C=O) groups is 2. The summed E-state index contributed by atoms with van der Waals surface area (Å²) in [7, 11) is 0. The minimum Gasteiger partial charge on any atom is -0.478 e. The maximum Gasteiger partial charge on any atom is 0.335 e. The third kappa shape index (κ3) is 3.26. The van der Waals surface area contributed by atoms with Crippen LogP contribution in [0, 0.1) is 0 Å². The molecule has 0 spiro atoms. The summed E-state index contributed by atoms with van der Waals surface area (Å²) in [6.07, 6.45) is 3.12. The van der Waals surface area contributed by atoms with Crippen LogP contribution in [-0.2, 0) is 0 Å². The third-order valence-electron chi connectivity index (χ3n) is 3.26. The van der Waals surface area contributed by atoms with Crippen molar-refractivity contribution in [3.8, 4) is 5.69 Å². The second-order valence-corrected chi connectivity index (χ2v) is 4.85. The van der Waals surface area contributed by atoms with Crippen LogP contribution in [0.15, 0.2) is 67.0 Å². The molecule has 6 nitrogen and oxygen atoms in total. The van der Waals surface area contributed by atoms with Crippen molar-refractivity contribution in [3.63, 3.8) is 0 Å². The lowest BCUT2D eigenvalue weighted by atomic mass is 10.2. The highest BCUT2D eigenvalue weighted by Gasteiger charge is 2.10. The number of para-hydroxylation sites is 1. The molecule has 3 rings (SSSR count). The first-order valence-electron chi connectivity index (χ1n) is 6.88. The number of nitrogens with one attached hydrogen (secondary N) is 1. The second kappa shape index (κ2) is 6.15. The summed E-state index contributed by atoms with van der Waals surface area (Å²) >= 11 is 0. The fourth-order valence-electron chi connectivity index (χ4n) is 2.06. The Bertz CT molecular complexity index is 839. The molecule has 1 heterocycles. The highest BCUT2D eigenvalue weighted by atomic mass is 16.4. The minimum atomic E-state index is -1.01. The van der Waals surface area contributed by atoms with E-state index in [1.165, 1.54) is 18.3 Å². The lowest BCUT2D eigenvalue weighted by Crippen LogP contribution is -2.11. The van der Waals surface area contributed by atoms with E-state index in [-0.39, 0.29) is 11.5 Å². The predicted octanol–water partition coefficient (Wildman–Crippen LogP) is 2.82. The van der Waals surface area contributed by atoms with Crippen LogP contribution in [0.5, 0.6) is 0 Å². The van der Waals surface area contributed by atoms with Gasteiger partial charge in [-0.1, -0.05) is 18.2 Å². The van der Waals surface area contributed by atoms with Gasteiger partial charge < -0.3 is 10.4 Å². The summed E-state index contributed by atoms with van der Waals surface area (Å²) in [5.74, 6) is -1.32. The quantitative estimate of drug-likeness (QED) is 0.776. The van der Waals surface area contributed by atoms with Crippen LogP contribution in [0.3, 0.4) is 0 Å². The first-order chi connectivity index (χ1) is 11.1. The van der Waals surface area contributed by atoms with E-state index in [1.54, 1.807) is 23.0 Å². The number of aromatic nitrogens is 2. The number of hydrogen-bond acceptors (Lipinski definition) is 3. The Hall–Kier alpha value is -3.41. The number of hydrogen-bond donors (Lipinski definition) is 2. The predicted molar refractivity (Wildman–Crippen MR) is 84.9 cm³/mol. The molecule has 23 heavy (non-hydrogen) atoms. The van der Waals surface area contributed by atoms with Crippen LogP contribution in [0.1, 0.15) is 20.7 Å². The Morgan fingerprint density at radius 2 is 1.65 bits per heavy atom. The van der Waals surface area contributed by atoms with E-state index in [9.17, 15) is 9.59 Å². The number of amides is 1. The molecule has 6 heteroatoms. The Morgan fingerprint density at radius 3 is 2.30 bits per heavy atom. The minimum absolute atomic E-state index is 0.167. The molecule has 0 radical (unpaired) electrons. The maximum atomic E-state index is 12.2. The van der Waals surface area contributed by atoms with Gasteiger partial charge >= 0.3 is 5.97 Å². The van der Waals surface area contributed by atoms with Crippen molar-refractivity contribution in [1.29, 1.82) is 0 Å². The zero-order valence-electron chi connectivity index (χ0n) is 12.0. The number of carboxylic acid groups (broad SMARTS) is 1. The van der Waals surface area contributed by atoms with Gasteiger partial charge in [0.25, 0.3) is 5.91 Å². The van der Waals surface area contributed by atoms with Crippen LogP contribution in [0.4, 0.5) is 5.69 Å². The summed E-state index contributed by atoms with van der Waals surface area (Å²) in [6.45, 7) is 0. The first-order valence-corrected chi connectivity index (χ1v) is 6.88. The van der Waals surface area contributed by atoms with Gasteiger partial charge in [-0.3, -0.25) is 4.79 Å². The van der Waals surface area contributed by atoms with Gasteiger partial charge in [-0.15, -0.1) is 0 Å². The highest BCUT2D eigenvalue weighted by Crippen LogP contribution is 2.12. The van der Waals surface area contributed by atoms with Crippen LogP contribution < -0.4 is 5.32 Å². The Kier molecular flexibility index (Phi) is 3.88. The number of rotatable bonds is 4. The number of nitrogens with zero attached hydrogens (tertiary/aromatic N) is 2. The Morgan fingerprint density at radius 1 is 0.957 bits per heavy atom. The smallest absolute Gasteiger partial charge is 0.335 e. The van der Waals surface area contributed by atoms with Gasteiger partial charge in [0.1, 0.15) is 0 Å². The third-order valence-corrected chi connectivity index (χ3v) is 3.26. The van der Waals surface area contributed by atoms with E-state index in [4.69, 9.17) is 5.11 Å². The molecule has 2 aromatic carbocycles. The lowest BCUT2D eigenvalue weighted by Gasteiger charge is -2.04. The first kappa shape index (κ1) is 14.5. The van der Waals surface area contributed by atoms with Gasteiger partial charge in [0.2, 0.25) is 0 Å². The van der Waals surface area contributed by atoms with Gasteiger partial charge in [-0.25, -0.2) is 9.48 Å². The van der Waals surface area contributed by atoms with Crippen molar-refractivity contribution in [3.05, 3.63) is 78.1 Å². The SMILES string of the molecule is O=C(O)c1ccc(NC(=O)c2cnn(-c3ccccc3)c2)cc1. The molecule has 1 amide bonds. The second-order valence-electron chi connectivity index (χ2n) is 4.85. The van der Waals surface area contributed by atoms with Gasteiger partial charge in [-0.2, -0.15) is 5.10 Å². The monoisotopic (exact) mass is 307 g/mol. The number of aromatic carboxylic acids is 1. The largest absolute Gasteiger partial charge is 0.478 e. The number of carbonyl (C=O) groups excluding carboxylic acids is 1. The van der Waals surface area contributed by atoms with Crippen molar-refractivity contribution in [2.24, 2.45) is 0 Å². The molecule has 0 aliphatic carbocycles. The zero-order chi connectivity index (χ0) is 16.2. The topological polar surface area (TPSA) is 84.2 Å². The van der Waals surface area contributed by atoms with Crippen LogP contribution in [0.25, 0.3) is 5.69 Å². The number of carboxylic acids is 1. The number of anilines is 1. The molecule has 3 aromatic rings.